The van der Waals surface area contributed by atoms with Crippen molar-refractivity contribution in [2.45, 2.75) is 38.3 Å². The number of piperazine rings is 1. The second-order valence-electron chi connectivity index (χ2n) is 7.09. The third kappa shape index (κ3) is 4.12. The van der Waals surface area contributed by atoms with Crippen molar-refractivity contribution in [1.82, 2.24) is 9.80 Å². The van der Waals surface area contributed by atoms with E-state index in [1.807, 2.05) is 24.0 Å². The summed E-state index contributed by atoms with van der Waals surface area (Å²) in [5.41, 5.74) is 6.90. The third-order valence-corrected chi connectivity index (χ3v) is 5.59. The first-order valence-corrected chi connectivity index (χ1v) is 9.35. The molecular weight excluding hydrogens is 319 g/mol. The van der Waals surface area contributed by atoms with Gasteiger partial charge in [-0.25, -0.2) is 4.39 Å². The van der Waals surface area contributed by atoms with Crippen molar-refractivity contribution in [1.29, 1.82) is 0 Å². The zero-order valence-electron chi connectivity index (χ0n) is 15.0. The highest BCUT2D eigenvalue weighted by molar-refractivity contribution is 5.82. The summed E-state index contributed by atoms with van der Waals surface area (Å²) in [4.78, 5) is 19.4. The smallest absolute Gasteiger partial charge is 0.239 e. The Labute approximate surface area is 149 Å². The lowest BCUT2D eigenvalue weighted by atomic mass is 10.0. The van der Waals surface area contributed by atoms with Crippen LogP contribution in [0.4, 0.5) is 10.1 Å². The molecule has 6 heteroatoms. The molecule has 138 valence electrons. The van der Waals surface area contributed by atoms with Gasteiger partial charge in [-0.15, -0.1) is 0 Å². The molecule has 5 nitrogen and oxygen atoms in total. The Morgan fingerprint density at radius 2 is 1.84 bits per heavy atom. The van der Waals surface area contributed by atoms with Crippen LogP contribution in [0.3, 0.4) is 0 Å². The van der Waals surface area contributed by atoms with E-state index in [-0.39, 0.29) is 23.8 Å². The molecule has 2 unspecified atom stereocenters. The van der Waals surface area contributed by atoms with Crippen molar-refractivity contribution in [2.24, 2.45) is 5.73 Å². The summed E-state index contributed by atoms with van der Waals surface area (Å²) in [6.07, 6.45) is 3.26. The third-order valence-electron chi connectivity index (χ3n) is 5.59. The largest absolute Gasteiger partial charge is 0.369 e. The monoisotopic (exact) mass is 348 g/mol. The fraction of sp³-hybridized carbons (Fsp3) is 0.632. The molecule has 1 aromatic carbocycles. The number of nitrogens with zero attached hydrogens (tertiary/aromatic N) is 3. The number of rotatable bonds is 4. The van der Waals surface area contributed by atoms with Gasteiger partial charge in [0.15, 0.2) is 0 Å². The summed E-state index contributed by atoms with van der Waals surface area (Å²) >= 11 is 0. The van der Waals surface area contributed by atoms with Gasteiger partial charge in [-0.1, -0.05) is 0 Å². The number of carbonyl (C=O) groups excluding carboxylic acids is 1. The van der Waals surface area contributed by atoms with Crippen molar-refractivity contribution >= 4 is 11.6 Å². The van der Waals surface area contributed by atoms with E-state index in [4.69, 9.17) is 5.73 Å². The molecule has 1 aromatic rings. The minimum atomic E-state index is -0.211. The number of hydrogen-bond acceptors (Lipinski definition) is 4. The predicted octanol–water partition coefficient (Wildman–Crippen LogP) is 1.68. The van der Waals surface area contributed by atoms with Gasteiger partial charge < -0.3 is 15.5 Å². The quantitative estimate of drug-likeness (QED) is 0.899. The zero-order valence-corrected chi connectivity index (χ0v) is 15.0. The Hall–Kier alpha value is -1.66. The van der Waals surface area contributed by atoms with E-state index in [0.717, 1.165) is 57.7 Å². The normalized spacial score (nSPS) is 23.6. The summed E-state index contributed by atoms with van der Waals surface area (Å²) in [7, 11) is 0. The van der Waals surface area contributed by atoms with Crippen molar-refractivity contribution in [3.8, 4) is 0 Å². The van der Waals surface area contributed by atoms with E-state index in [1.165, 1.54) is 12.1 Å². The van der Waals surface area contributed by atoms with E-state index in [9.17, 15) is 9.18 Å². The van der Waals surface area contributed by atoms with Crippen LogP contribution in [0.15, 0.2) is 24.3 Å². The van der Waals surface area contributed by atoms with Gasteiger partial charge in [-0.2, -0.15) is 0 Å². The number of hydrogen-bond donors (Lipinski definition) is 1. The maximum absolute atomic E-state index is 13.1. The molecule has 0 bridgehead atoms. The van der Waals surface area contributed by atoms with Gasteiger partial charge in [0.25, 0.3) is 0 Å². The van der Waals surface area contributed by atoms with Crippen LogP contribution >= 0.6 is 0 Å². The molecule has 0 spiro atoms. The van der Waals surface area contributed by atoms with Crippen molar-refractivity contribution in [3.63, 3.8) is 0 Å². The van der Waals surface area contributed by atoms with E-state index in [0.29, 0.717) is 6.54 Å². The topological polar surface area (TPSA) is 52.8 Å². The molecule has 2 aliphatic rings. The SMILES string of the molecule is CC(C(=O)N1CCCCC1CN)N1CCN(c2ccc(F)cc2)CC1. The van der Waals surface area contributed by atoms with Crippen LogP contribution in [0, 0.1) is 5.82 Å². The van der Waals surface area contributed by atoms with Crippen LogP contribution in [0.25, 0.3) is 0 Å². The average molecular weight is 348 g/mol. The Bertz CT molecular complexity index is 571. The molecule has 2 heterocycles. The Morgan fingerprint density at radius 1 is 1.16 bits per heavy atom. The van der Waals surface area contributed by atoms with Crippen molar-refractivity contribution in [2.75, 3.05) is 44.2 Å². The minimum Gasteiger partial charge on any atom is -0.369 e. The molecule has 3 rings (SSSR count). The molecule has 2 fully saturated rings. The van der Waals surface area contributed by atoms with Gasteiger partial charge in [0, 0.05) is 51.0 Å². The second kappa shape index (κ2) is 8.15. The molecule has 1 amide bonds. The van der Waals surface area contributed by atoms with Gasteiger partial charge in [-0.3, -0.25) is 9.69 Å². The van der Waals surface area contributed by atoms with Crippen LogP contribution in [-0.2, 0) is 4.79 Å². The van der Waals surface area contributed by atoms with Gasteiger partial charge >= 0.3 is 0 Å². The highest BCUT2D eigenvalue weighted by Crippen LogP contribution is 2.21. The first-order chi connectivity index (χ1) is 12.1. The lowest BCUT2D eigenvalue weighted by Gasteiger charge is -2.42. The summed E-state index contributed by atoms with van der Waals surface area (Å²) in [6, 6.07) is 6.72. The molecule has 2 aliphatic heterocycles. The summed E-state index contributed by atoms with van der Waals surface area (Å²) in [6.45, 7) is 6.78. The van der Waals surface area contributed by atoms with Gasteiger partial charge in [0.2, 0.25) is 5.91 Å². The molecule has 0 aromatic heterocycles. The fourth-order valence-electron chi connectivity index (χ4n) is 3.95. The highest BCUT2D eigenvalue weighted by Gasteiger charge is 2.32. The molecule has 2 N–H and O–H groups in total. The average Bonchev–Trinajstić information content (AvgIpc) is 2.67. The van der Waals surface area contributed by atoms with E-state index in [1.54, 1.807) is 0 Å². The molecule has 0 aliphatic carbocycles. The van der Waals surface area contributed by atoms with Crippen LogP contribution in [0.1, 0.15) is 26.2 Å². The number of halogens is 1. The van der Waals surface area contributed by atoms with Crippen molar-refractivity contribution < 1.29 is 9.18 Å². The number of benzene rings is 1. The van der Waals surface area contributed by atoms with Gasteiger partial charge in [0.05, 0.1) is 6.04 Å². The first-order valence-electron chi connectivity index (χ1n) is 9.35. The van der Waals surface area contributed by atoms with E-state index >= 15 is 0 Å². The van der Waals surface area contributed by atoms with Gasteiger partial charge in [-0.05, 0) is 50.5 Å². The summed E-state index contributed by atoms with van der Waals surface area (Å²) < 4.78 is 13.1. The van der Waals surface area contributed by atoms with Crippen LogP contribution in [0.5, 0.6) is 0 Å². The number of likely N-dealkylation sites (tertiary alicyclic amines) is 1. The van der Waals surface area contributed by atoms with Crippen LogP contribution in [-0.4, -0.2) is 67.1 Å². The number of anilines is 1. The molecule has 2 saturated heterocycles. The molecule has 2 atom stereocenters. The predicted molar refractivity (Wildman–Crippen MR) is 98.1 cm³/mol. The summed E-state index contributed by atoms with van der Waals surface area (Å²) in [5.74, 6) is 0.00276. The Morgan fingerprint density at radius 3 is 2.48 bits per heavy atom. The van der Waals surface area contributed by atoms with Gasteiger partial charge in [0.1, 0.15) is 5.82 Å². The van der Waals surface area contributed by atoms with Crippen molar-refractivity contribution in [3.05, 3.63) is 30.1 Å². The second-order valence-corrected chi connectivity index (χ2v) is 7.09. The molecular formula is C19H29FN4O. The zero-order chi connectivity index (χ0) is 17.8. The Kier molecular flexibility index (Phi) is 5.91. The minimum absolute atomic E-state index is 0.109. The lowest BCUT2D eigenvalue weighted by Crippen LogP contribution is -2.57. The van der Waals surface area contributed by atoms with E-state index < -0.39 is 0 Å². The number of amides is 1. The van der Waals surface area contributed by atoms with Crippen LogP contribution < -0.4 is 10.6 Å². The fourth-order valence-corrected chi connectivity index (χ4v) is 3.95. The number of piperidine rings is 1. The Balaban J connectivity index is 1.56. The maximum atomic E-state index is 13.1. The molecule has 0 saturated carbocycles. The summed E-state index contributed by atoms with van der Waals surface area (Å²) in [5, 5.41) is 0. The standard InChI is InChI=1S/C19H29FN4O/c1-15(19(25)24-9-3-2-4-18(24)14-21)22-10-12-23(13-11-22)17-7-5-16(20)6-8-17/h5-8,15,18H,2-4,9-14,21H2,1H3. The number of carbonyl (C=O) groups is 1. The lowest BCUT2D eigenvalue weighted by molar-refractivity contribution is -0.140. The molecule has 25 heavy (non-hydrogen) atoms. The first kappa shape index (κ1) is 18.1. The molecule has 0 radical (unpaired) electrons. The highest BCUT2D eigenvalue weighted by atomic mass is 19.1. The number of nitrogens with two attached hydrogens (primary N) is 1. The maximum Gasteiger partial charge on any atom is 0.239 e. The van der Waals surface area contributed by atoms with E-state index in [2.05, 4.69) is 9.80 Å². The van der Waals surface area contributed by atoms with Crippen LogP contribution in [0.2, 0.25) is 0 Å².